The molecule has 0 saturated heterocycles. The molecule has 0 amide bonds. The highest BCUT2D eigenvalue weighted by Crippen LogP contribution is 2.16. The molecule has 1 aromatic heterocycles. The van der Waals surface area contributed by atoms with E-state index in [2.05, 4.69) is 4.98 Å². The molecule has 1 heterocycles. The Labute approximate surface area is 107 Å². The second-order valence-electron chi connectivity index (χ2n) is 3.72. The van der Waals surface area contributed by atoms with Gasteiger partial charge in [-0.15, -0.1) is 0 Å². The third-order valence-electron chi connectivity index (χ3n) is 2.39. The minimum Gasteiger partial charge on any atom is -0.487 e. The molecule has 4 nitrogen and oxygen atoms in total. The maximum atomic E-state index is 13.3. The fourth-order valence-corrected chi connectivity index (χ4v) is 1.44. The van der Waals surface area contributed by atoms with Gasteiger partial charge in [-0.05, 0) is 12.1 Å². The van der Waals surface area contributed by atoms with E-state index < -0.39 is 17.6 Å². The second-order valence-corrected chi connectivity index (χ2v) is 3.72. The zero-order valence-electron chi connectivity index (χ0n) is 9.64. The fraction of sp³-hybridized carbons (Fsp3) is 0.0769. The Hall–Kier alpha value is -2.50. The molecule has 2 aromatic rings. The Morgan fingerprint density at radius 2 is 2.11 bits per heavy atom. The first-order valence-electron chi connectivity index (χ1n) is 5.32. The molecule has 0 spiro atoms. The Morgan fingerprint density at radius 3 is 2.84 bits per heavy atom. The molecule has 2 rings (SSSR count). The van der Waals surface area contributed by atoms with Crippen molar-refractivity contribution in [3.8, 4) is 5.75 Å². The molecular formula is C13H9F2NO3. The molecule has 0 unspecified atom stereocenters. The van der Waals surface area contributed by atoms with Crippen LogP contribution in [0.2, 0.25) is 0 Å². The van der Waals surface area contributed by atoms with Crippen molar-refractivity contribution < 1.29 is 23.4 Å². The lowest BCUT2D eigenvalue weighted by atomic mass is 10.2. The fourth-order valence-electron chi connectivity index (χ4n) is 1.44. The molecular weight excluding hydrogens is 256 g/mol. The van der Waals surface area contributed by atoms with E-state index in [9.17, 15) is 13.6 Å². The van der Waals surface area contributed by atoms with E-state index in [0.29, 0.717) is 0 Å². The van der Waals surface area contributed by atoms with E-state index in [1.54, 1.807) is 0 Å². The number of carboxylic acid groups (broad SMARTS) is 1. The number of hydrogen-bond acceptors (Lipinski definition) is 3. The summed E-state index contributed by atoms with van der Waals surface area (Å²) in [5, 5.41) is 8.77. The third-order valence-corrected chi connectivity index (χ3v) is 2.39. The largest absolute Gasteiger partial charge is 0.487 e. The summed E-state index contributed by atoms with van der Waals surface area (Å²) >= 11 is 0. The molecule has 0 fully saturated rings. The van der Waals surface area contributed by atoms with E-state index >= 15 is 0 Å². The van der Waals surface area contributed by atoms with Crippen LogP contribution in [-0.2, 0) is 6.61 Å². The number of hydrogen-bond donors (Lipinski definition) is 1. The van der Waals surface area contributed by atoms with Crippen molar-refractivity contribution in [1.82, 2.24) is 4.98 Å². The Morgan fingerprint density at radius 1 is 1.32 bits per heavy atom. The predicted octanol–water partition coefficient (Wildman–Crippen LogP) is 2.64. The molecule has 0 radical (unpaired) electrons. The molecule has 1 N–H and O–H groups in total. The van der Waals surface area contributed by atoms with Gasteiger partial charge in [-0.2, -0.15) is 0 Å². The Bertz CT molecular complexity index is 617. The van der Waals surface area contributed by atoms with E-state index in [1.807, 2.05) is 0 Å². The first kappa shape index (κ1) is 12.9. The van der Waals surface area contributed by atoms with Crippen LogP contribution in [0.3, 0.4) is 0 Å². The summed E-state index contributed by atoms with van der Waals surface area (Å²) in [5.41, 5.74) is -0.00191. The van der Waals surface area contributed by atoms with Crippen molar-refractivity contribution in [2.24, 2.45) is 0 Å². The van der Waals surface area contributed by atoms with Crippen molar-refractivity contribution >= 4 is 5.97 Å². The molecule has 0 aliphatic heterocycles. The Kier molecular flexibility index (Phi) is 3.70. The highest BCUT2D eigenvalue weighted by Gasteiger charge is 2.09. The smallest absolute Gasteiger partial charge is 0.337 e. The van der Waals surface area contributed by atoms with Gasteiger partial charge in [0.05, 0.1) is 11.8 Å². The summed E-state index contributed by atoms with van der Waals surface area (Å²) in [6.07, 6.45) is 2.46. The normalized spacial score (nSPS) is 10.2. The lowest BCUT2D eigenvalue weighted by Gasteiger charge is -2.07. The van der Waals surface area contributed by atoms with Crippen molar-refractivity contribution in [3.63, 3.8) is 0 Å². The summed E-state index contributed by atoms with van der Waals surface area (Å²) in [6, 6.07) is 5.01. The third kappa shape index (κ3) is 3.04. The number of aromatic nitrogens is 1. The van der Waals surface area contributed by atoms with Crippen LogP contribution in [0.25, 0.3) is 0 Å². The average molecular weight is 265 g/mol. The zero-order valence-corrected chi connectivity index (χ0v) is 9.64. The number of benzene rings is 1. The van der Waals surface area contributed by atoms with E-state index in [1.165, 1.54) is 24.4 Å². The molecule has 6 heteroatoms. The lowest BCUT2D eigenvalue weighted by molar-refractivity contribution is 0.0696. The van der Waals surface area contributed by atoms with Crippen molar-refractivity contribution in [2.45, 2.75) is 6.61 Å². The van der Waals surface area contributed by atoms with Crippen LogP contribution >= 0.6 is 0 Å². The average Bonchev–Trinajstić information content (AvgIpc) is 2.41. The summed E-state index contributed by atoms with van der Waals surface area (Å²) < 4.78 is 31.5. The molecule has 0 aliphatic carbocycles. The first-order chi connectivity index (χ1) is 9.08. The van der Waals surface area contributed by atoms with Crippen molar-refractivity contribution in [2.75, 3.05) is 0 Å². The summed E-state index contributed by atoms with van der Waals surface area (Å²) in [7, 11) is 0. The number of pyridine rings is 1. The van der Waals surface area contributed by atoms with Crippen LogP contribution in [-0.4, -0.2) is 16.1 Å². The predicted molar refractivity (Wildman–Crippen MR) is 61.9 cm³/mol. The zero-order chi connectivity index (χ0) is 13.8. The van der Waals surface area contributed by atoms with Gasteiger partial charge in [-0.3, -0.25) is 4.98 Å². The molecule has 98 valence electrons. The monoisotopic (exact) mass is 265 g/mol. The van der Waals surface area contributed by atoms with E-state index in [-0.39, 0.29) is 23.5 Å². The second kappa shape index (κ2) is 5.43. The number of ether oxygens (including phenoxy) is 1. The van der Waals surface area contributed by atoms with Crippen LogP contribution < -0.4 is 4.74 Å². The number of carbonyl (C=O) groups is 1. The van der Waals surface area contributed by atoms with Gasteiger partial charge in [-0.1, -0.05) is 12.1 Å². The number of rotatable bonds is 4. The maximum Gasteiger partial charge on any atom is 0.337 e. The lowest BCUT2D eigenvalue weighted by Crippen LogP contribution is -2.02. The number of aromatic carboxylic acids is 1. The SMILES string of the molecule is O=C(O)c1cncc(OCc2cccc(F)c2F)c1. The molecule has 1 aromatic carbocycles. The highest BCUT2D eigenvalue weighted by atomic mass is 19.2. The molecule has 0 saturated carbocycles. The standard InChI is InChI=1S/C13H9F2NO3/c14-11-3-1-2-8(12(11)15)7-19-10-4-9(13(17)18)5-16-6-10/h1-6H,7H2,(H,17,18). The van der Waals surface area contributed by atoms with Gasteiger partial charge < -0.3 is 9.84 Å². The van der Waals surface area contributed by atoms with Gasteiger partial charge in [-0.25, -0.2) is 13.6 Å². The molecule has 0 aliphatic rings. The molecule has 0 atom stereocenters. The topological polar surface area (TPSA) is 59.4 Å². The summed E-state index contributed by atoms with van der Waals surface area (Å²) in [4.78, 5) is 14.4. The van der Waals surface area contributed by atoms with Crippen molar-refractivity contribution in [1.29, 1.82) is 0 Å². The van der Waals surface area contributed by atoms with Gasteiger partial charge in [0.1, 0.15) is 12.4 Å². The summed E-state index contributed by atoms with van der Waals surface area (Å²) in [6.45, 7) is -0.214. The summed E-state index contributed by atoms with van der Waals surface area (Å²) in [5.74, 6) is -2.91. The maximum absolute atomic E-state index is 13.3. The van der Waals surface area contributed by atoms with Crippen LogP contribution in [0.1, 0.15) is 15.9 Å². The first-order valence-corrected chi connectivity index (χ1v) is 5.32. The van der Waals surface area contributed by atoms with Crippen LogP contribution in [0.5, 0.6) is 5.75 Å². The highest BCUT2D eigenvalue weighted by molar-refractivity contribution is 5.87. The van der Waals surface area contributed by atoms with E-state index in [4.69, 9.17) is 9.84 Å². The Balaban J connectivity index is 2.12. The van der Waals surface area contributed by atoms with Gasteiger partial charge in [0, 0.05) is 11.8 Å². The number of nitrogens with zero attached hydrogens (tertiary/aromatic N) is 1. The molecule has 19 heavy (non-hydrogen) atoms. The van der Waals surface area contributed by atoms with Crippen LogP contribution in [0.15, 0.2) is 36.7 Å². The van der Waals surface area contributed by atoms with Crippen molar-refractivity contribution in [3.05, 3.63) is 59.4 Å². The van der Waals surface area contributed by atoms with Gasteiger partial charge in [0.25, 0.3) is 0 Å². The van der Waals surface area contributed by atoms with Crippen LogP contribution in [0, 0.1) is 11.6 Å². The minimum absolute atomic E-state index is 0.0423. The van der Waals surface area contributed by atoms with Gasteiger partial charge in [0.2, 0.25) is 0 Å². The molecule has 0 bridgehead atoms. The van der Waals surface area contributed by atoms with Gasteiger partial charge >= 0.3 is 5.97 Å². The number of halogens is 2. The van der Waals surface area contributed by atoms with E-state index in [0.717, 1.165) is 12.3 Å². The quantitative estimate of drug-likeness (QED) is 0.923. The number of carboxylic acids is 1. The minimum atomic E-state index is -1.14. The van der Waals surface area contributed by atoms with Crippen LogP contribution in [0.4, 0.5) is 8.78 Å². The van der Waals surface area contributed by atoms with Gasteiger partial charge in [0.15, 0.2) is 11.6 Å².